The molecule has 0 N–H and O–H groups in total. The second kappa shape index (κ2) is 2.78. The highest BCUT2D eigenvalue weighted by molar-refractivity contribution is 5.36. The Morgan fingerprint density at radius 3 is 2.33 bits per heavy atom. The first-order valence-electron chi connectivity index (χ1n) is 4.57. The molecule has 12 heavy (non-hydrogen) atoms. The lowest BCUT2D eigenvalue weighted by molar-refractivity contribution is 0.889. The van der Waals surface area contributed by atoms with Gasteiger partial charge in [0.25, 0.3) is 0 Å². The van der Waals surface area contributed by atoms with Crippen LogP contribution in [0.3, 0.4) is 0 Å². The Labute approximate surface area is 73.9 Å². The Bertz CT molecular complexity index is 278. The molecule has 1 aliphatic carbocycles. The molecular weight excluding hydrogens is 144 g/mol. The van der Waals surface area contributed by atoms with Crippen molar-refractivity contribution < 1.29 is 0 Å². The lowest BCUT2D eigenvalue weighted by atomic mass is 9.96. The molecule has 1 aromatic carbocycles. The van der Waals surface area contributed by atoms with Gasteiger partial charge in [-0.2, -0.15) is 0 Å². The monoisotopic (exact) mass is 158 g/mol. The Balaban J connectivity index is 2.31. The van der Waals surface area contributed by atoms with Gasteiger partial charge in [-0.1, -0.05) is 42.5 Å². The highest BCUT2D eigenvalue weighted by Gasteiger charge is 2.40. The molecule has 2 rings (SSSR count). The van der Waals surface area contributed by atoms with Crippen LogP contribution in [0.4, 0.5) is 0 Å². The minimum atomic E-state index is 0.413. The summed E-state index contributed by atoms with van der Waals surface area (Å²) in [4.78, 5) is 0. The van der Waals surface area contributed by atoms with Crippen molar-refractivity contribution in [2.24, 2.45) is 0 Å². The summed E-state index contributed by atoms with van der Waals surface area (Å²) in [6.07, 6.45) is 7.14. The SMILES string of the molecule is C/C=C/C1(c2ccccc2)CC1. The fourth-order valence-electron chi connectivity index (χ4n) is 1.78. The van der Waals surface area contributed by atoms with Crippen LogP contribution >= 0.6 is 0 Å². The summed E-state index contributed by atoms with van der Waals surface area (Å²) in [6.45, 7) is 2.10. The van der Waals surface area contributed by atoms with Crippen molar-refractivity contribution in [3.63, 3.8) is 0 Å². The maximum absolute atomic E-state index is 2.34. The fourth-order valence-corrected chi connectivity index (χ4v) is 1.78. The Morgan fingerprint density at radius 1 is 1.17 bits per heavy atom. The Hall–Kier alpha value is -1.04. The van der Waals surface area contributed by atoms with Gasteiger partial charge in [-0.25, -0.2) is 0 Å². The van der Waals surface area contributed by atoms with Crippen molar-refractivity contribution in [3.05, 3.63) is 48.0 Å². The van der Waals surface area contributed by atoms with Gasteiger partial charge in [0.15, 0.2) is 0 Å². The number of benzene rings is 1. The zero-order valence-electron chi connectivity index (χ0n) is 7.46. The Morgan fingerprint density at radius 2 is 1.83 bits per heavy atom. The first-order valence-corrected chi connectivity index (χ1v) is 4.57. The predicted molar refractivity (Wildman–Crippen MR) is 52.2 cm³/mol. The van der Waals surface area contributed by atoms with E-state index in [9.17, 15) is 0 Å². The molecule has 1 saturated carbocycles. The summed E-state index contributed by atoms with van der Waals surface area (Å²) in [6, 6.07) is 10.8. The van der Waals surface area contributed by atoms with Gasteiger partial charge in [0.2, 0.25) is 0 Å². The van der Waals surface area contributed by atoms with Crippen LogP contribution < -0.4 is 0 Å². The molecular formula is C12H14. The first kappa shape index (κ1) is 7.60. The van der Waals surface area contributed by atoms with E-state index in [1.807, 2.05) is 0 Å². The highest BCUT2D eigenvalue weighted by atomic mass is 14.4. The van der Waals surface area contributed by atoms with Gasteiger partial charge in [-0.15, -0.1) is 0 Å². The molecule has 0 radical (unpaired) electrons. The molecule has 1 fully saturated rings. The standard InChI is InChI=1S/C12H14/c1-2-8-12(9-10-12)11-6-4-3-5-7-11/h2-8H,9-10H2,1H3/b8-2+. The van der Waals surface area contributed by atoms with E-state index in [1.165, 1.54) is 18.4 Å². The van der Waals surface area contributed by atoms with Crippen molar-refractivity contribution in [1.29, 1.82) is 0 Å². The number of rotatable bonds is 2. The van der Waals surface area contributed by atoms with E-state index in [4.69, 9.17) is 0 Å². The van der Waals surface area contributed by atoms with E-state index < -0.39 is 0 Å². The van der Waals surface area contributed by atoms with Crippen molar-refractivity contribution in [2.45, 2.75) is 25.2 Å². The summed E-state index contributed by atoms with van der Waals surface area (Å²) in [5.74, 6) is 0. The van der Waals surface area contributed by atoms with Crippen LogP contribution in [0.5, 0.6) is 0 Å². The van der Waals surface area contributed by atoms with E-state index in [1.54, 1.807) is 0 Å². The molecule has 0 bridgehead atoms. The molecule has 0 heteroatoms. The first-order chi connectivity index (χ1) is 5.87. The van der Waals surface area contributed by atoms with Gasteiger partial charge in [0.1, 0.15) is 0 Å². The second-order valence-electron chi connectivity index (χ2n) is 3.52. The summed E-state index contributed by atoms with van der Waals surface area (Å²) >= 11 is 0. The molecule has 0 aliphatic heterocycles. The van der Waals surface area contributed by atoms with Crippen LogP contribution in [-0.4, -0.2) is 0 Å². The van der Waals surface area contributed by atoms with Gasteiger partial charge in [-0.05, 0) is 25.3 Å². The highest BCUT2D eigenvalue weighted by Crippen LogP contribution is 2.49. The summed E-state index contributed by atoms with van der Waals surface area (Å²) in [5.41, 5.74) is 1.89. The van der Waals surface area contributed by atoms with E-state index in [0.29, 0.717) is 5.41 Å². The molecule has 0 atom stereocenters. The third kappa shape index (κ3) is 1.18. The van der Waals surface area contributed by atoms with Crippen LogP contribution in [0.15, 0.2) is 42.5 Å². The zero-order chi connectivity index (χ0) is 8.44. The molecule has 0 amide bonds. The Kier molecular flexibility index (Phi) is 1.76. The van der Waals surface area contributed by atoms with Gasteiger partial charge in [0, 0.05) is 5.41 Å². The van der Waals surface area contributed by atoms with Crippen LogP contribution in [-0.2, 0) is 5.41 Å². The van der Waals surface area contributed by atoms with Crippen LogP contribution in [0, 0.1) is 0 Å². The van der Waals surface area contributed by atoms with Gasteiger partial charge in [-0.3, -0.25) is 0 Å². The van der Waals surface area contributed by atoms with Gasteiger partial charge in [0.05, 0.1) is 0 Å². The van der Waals surface area contributed by atoms with E-state index in [-0.39, 0.29) is 0 Å². The average Bonchev–Trinajstić information content (AvgIpc) is 2.88. The maximum atomic E-state index is 2.34. The van der Waals surface area contributed by atoms with Crippen LogP contribution in [0.1, 0.15) is 25.3 Å². The second-order valence-corrected chi connectivity index (χ2v) is 3.52. The molecule has 1 aromatic rings. The number of hydrogen-bond donors (Lipinski definition) is 0. The van der Waals surface area contributed by atoms with E-state index >= 15 is 0 Å². The van der Waals surface area contributed by atoms with Crippen molar-refractivity contribution >= 4 is 0 Å². The summed E-state index contributed by atoms with van der Waals surface area (Å²) in [5, 5.41) is 0. The molecule has 1 aliphatic rings. The van der Waals surface area contributed by atoms with Crippen LogP contribution in [0.25, 0.3) is 0 Å². The molecule has 62 valence electrons. The minimum Gasteiger partial charge on any atom is -0.0908 e. The predicted octanol–water partition coefficient (Wildman–Crippen LogP) is 3.29. The molecule has 0 nitrogen and oxygen atoms in total. The average molecular weight is 158 g/mol. The van der Waals surface area contributed by atoms with Crippen molar-refractivity contribution in [2.75, 3.05) is 0 Å². The molecule has 0 saturated heterocycles. The third-order valence-corrected chi connectivity index (χ3v) is 2.62. The number of hydrogen-bond acceptors (Lipinski definition) is 0. The topological polar surface area (TPSA) is 0 Å². The lowest BCUT2D eigenvalue weighted by Gasteiger charge is -2.08. The number of allylic oxidation sites excluding steroid dienone is 2. The van der Waals surface area contributed by atoms with Gasteiger partial charge < -0.3 is 0 Å². The normalized spacial score (nSPS) is 19.8. The largest absolute Gasteiger partial charge is 0.0908 e. The quantitative estimate of drug-likeness (QED) is 0.579. The van der Waals surface area contributed by atoms with E-state index in [0.717, 1.165) is 0 Å². The molecule has 0 spiro atoms. The smallest absolute Gasteiger partial charge is 0.0133 e. The minimum absolute atomic E-state index is 0.413. The summed E-state index contributed by atoms with van der Waals surface area (Å²) in [7, 11) is 0. The molecule has 0 heterocycles. The zero-order valence-corrected chi connectivity index (χ0v) is 7.46. The lowest BCUT2D eigenvalue weighted by Crippen LogP contribution is -2.00. The third-order valence-electron chi connectivity index (χ3n) is 2.62. The fraction of sp³-hybridized carbons (Fsp3) is 0.333. The van der Waals surface area contributed by atoms with Crippen LogP contribution in [0.2, 0.25) is 0 Å². The van der Waals surface area contributed by atoms with Crippen molar-refractivity contribution in [3.8, 4) is 0 Å². The summed E-state index contributed by atoms with van der Waals surface area (Å²) < 4.78 is 0. The van der Waals surface area contributed by atoms with E-state index in [2.05, 4.69) is 49.4 Å². The van der Waals surface area contributed by atoms with Crippen molar-refractivity contribution in [1.82, 2.24) is 0 Å². The molecule has 0 unspecified atom stereocenters. The van der Waals surface area contributed by atoms with Gasteiger partial charge >= 0.3 is 0 Å². The molecule has 0 aromatic heterocycles. The maximum Gasteiger partial charge on any atom is 0.0133 e.